The van der Waals surface area contributed by atoms with Crippen molar-refractivity contribution in [1.29, 1.82) is 0 Å². The topological polar surface area (TPSA) is 93.8 Å². The van der Waals surface area contributed by atoms with Crippen molar-refractivity contribution < 1.29 is 14.5 Å². The summed E-state index contributed by atoms with van der Waals surface area (Å²) in [5.41, 5.74) is 2.53. The van der Waals surface area contributed by atoms with Crippen molar-refractivity contribution in [2.45, 2.75) is 12.8 Å². The van der Waals surface area contributed by atoms with Crippen LogP contribution in [0.1, 0.15) is 18.4 Å². The third kappa shape index (κ3) is 6.71. The van der Waals surface area contributed by atoms with Crippen molar-refractivity contribution in [2.24, 2.45) is 5.10 Å². The molecule has 142 valence electrons. The number of amides is 1. The number of non-ortho nitro benzene ring substituents is 1. The Bertz CT molecular complexity index is 874. The van der Waals surface area contributed by atoms with Crippen LogP contribution in [-0.2, 0) is 4.79 Å². The van der Waals surface area contributed by atoms with Gasteiger partial charge in [0, 0.05) is 34.2 Å². The summed E-state index contributed by atoms with van der Waals surface area (Å²) in [7, 11) is 0. The van der Waals surface area contributed by atoms with Crippen molar-refractivity contribution in [1.82, 2.24) is 5.43 Å². The fourth-order valence-corrected chi connectivity index (χ4v) is 2.61. The number of ether oxygens (including phenoxy) is 1. The Kier molecular flexibility index (Phi) is 7.84. The van der Waals surface area contributed by atoms with Gasteiger partial charge in [-0.1, -0.05) is 34.8 Å². The zero-order chi connectivity index (χ0) is 19.8. The molecule has 0 bridgehead atoms. The highest BCUT2D eigenvalue weighted by molar-refractivity contribution is 6.35. The summed E-state index contributed by atoms with van der Waals surface area (Å²) in [6.45, 7) is 0.287. The fourth-order valence-electron chi connectivity index (χ4n) is 1.98. The molecule has 10 heteroatoms. The Morgan fingerprint density at radius 3 is 2.67 bits per heavy atom. The monoisotopic (exact) mass is 429 g/mol. The number of benzene rings is 2. The first kappa shape index (κ1) is 21.0. The molecule has 0 saturated carbocycles. The Labute approximate surface area is 170 Å². The van der Waals surface area contributed by atoms with E-state index in [1.165, 1.54) is 24.4 Å². The summed E-state index contributed by atoms with van der Waals surface area (Å²) in [4.78, 5) is 22.0. The van der Waals surface area contributed by atoms with Crippen LogP contribution in [0.4, 0.5) is 5.69 Å². The number of hydrazone groups is 1. The first-order valence-corrected chi connectivity index (χ1v) is 8.84. The molecule has 0 unspecified atom stereocenters. The number of hydrogen-bond donors (Lipinski definition) is 1. The first-order valence-electron chi connectivity index (χ1n) is 7.70. The molecule has 1 amide bonds. The molecule has 0 heterocycles. The quantitative estimate of drug-likeness (QED) is 0.280. The van der Waals surface area contributed by atoms with Crippen LogP contribution in [-0.4, -0.2) is 23.7 Å². The van der Waals surface area contributed by atoms with E-state index in [1.807, 2.05) is 0 Å². The molecule has 0 saturated heterocycles. The lowest BCUT2D eigenvalue weighted by Gasteiger charge is -2.07. The lowest BCUT2D eigenvalue weighted by atomic mass is 10.2. The number of hydrogen-bond acceptors (Lipinski definition) is 5. The second-order valence-electron chi connectivity index (χ2n) is 5.28. The van der Waals surface area contributed by atoms with E-state index in [9.17, 15) is 14.9 Å². The molecule has 1 N–H and O–H groups in total. The molecule has 2 rings (SSSR count). The molecular weight excluding hydrogens is 417 g/mol. The molecule has 2 aromatic carbocycles. The van der Waals surface area contributed by atoms with E-state index in [4.69, 9.17) is 39.5 Å². The van der Waals surface area contributed by atoms with E-state index < -0.39 is 4.92 Å². The summed E-state index contributed by atoms with van der Waals surface area (Å²) < 4.78 is 5.48. The summed E-state index contributed by atoms with van der Waals surface area (Å²) >= 11 is 17.7. The lowest BCUT2D eigenvalue weighted by molar-refractivity contribution is -0.384. The number of carbonyl (C=O) groups excluding carboxylic acids is 1. The maximum Gasteiger partial charge on any atom is 0.270 e. The molecule has 0 aliphatic heterocycles. The number of nitro groups is 1. The largest absolute Gasteiger partial charge is 0.492 e. The number of nitrogens with one attached hydrogen (secondary N) is 1. The van der Waals surface area contributed by atoms with Crippen LogP contribution in [0, 0.1) is 10.1 Å². The van der Waals surface area contributed by atoms with Gasteiger partial charge in [-0.25, -0.2) is 5.43 Å². The molecule has 0 radical (unpaired) electrons. The second-order valence-corrected chi connectivity index (χ2v) is 6.53. The van der Waals surface area contributed by atoms with E-state index in [0.717, 1.165) is 0 Å². The molecule has 0 fully saturated rings. The highest BCUT2D eigenvalue weighted by atomic mass is 35.5. The Balaban J connectivity index is 1.77. The zero-order valence-corrected chi connectivity index (χ0v) is 16.1. The van der Waals surface area contributed by atoms with Gasteiger partial charge in [-0.05, 0) is 30.7 Å². The van der Waals surface area contributed by atoms with Gasteiger partial charge in [-0.15, -0.1) is 0 Å². The number of nitro benzene ring substituents is 1. The molecule has 0 spiro atoms. The second kappa shape index (κ2) is 10.1. The van der Waals surface area contributed by atoms with Gasteiger partial charge in [-0.3, -0.25) is 14.9 Å². The normalized spacial score (nSPS) is 10.8. The third-order valence-electron chi connectivity index (χ3n) is 3.28. The van der Waals surface area contributed by atoms with Gasteiger partial charge in [0.25, 0.3) is 5.69 Å². The molecule has 2 aromatic rings. The van der Waals surface area contributed by atoms with Crippen molar-refractivity contribution in [2.75, 3.05) is 6.61 Å². The SMILES string of the molecule is O=C(CCCOc1ccc(Cl)cc1Cl)N/N=C/c1cc([N+](=O)[O-])ccc1Cl. The zero-order valence-electron chi connectivity index (χ0n) is 13.8. The number of carbonyl (C=O) groups is 1. The van der Waals surface area contributed by atoms with Gasteiger partial charge in [0.2, 0.25) is 5.91 Å². The predicted octanol–water partition coefficient (Wildman–Crippen LogP) is 4.86. The first-order chi connectivity index (χ1) is 12.9. The molecule has 0 atom stereocenters. The van der Waals surface area contributed by atoms with E-state index in [1.54, 1.807) is 18.2 Å². The van der Waals surface area contributed by atoms with Gasteiger partial charge in [0.15, 0.2) is 0 Å². The maximum atomic E-state index is 11.8. The summed E-state index contributed by atoms with van der Waals surface area (Å²) in [5, 5.41) is 15.7. The number of nitrogens with zero attached hydrogens (tertiary/aromatic N) is 2. The van der Waals surface area contributed by atoms with Crippen molar-refractivity contribution >= 4 is 52.6 Å². The molecule has 7 nitrogen and oxygen atoms in total. The van der Waals surface area contributed by atoms with E-state index in [2.05, 4.69) is 10.5 Å². The summed E-state index contributed by atoms with van der Waals surface area (Å²) in [6, 6.07) is 8.81. The number of rotatable bonds is 8. The van der Waals surface area contributed by atoms with E-state index >= 15 is 0 Å². The standard InChI is InChI=1S/C17H14Cl3N3O4/c18-12-3-6-16(15(20)9-12)27-7-1-2-17(24)22-21-10-11-8-13(23(25)26)4-5-14(11)19/h3-6,8-10H,1-2,7H2,(H,22,24)/b21-10+. The average Bonchev–Trinajstić information content (AvgIpc) is 2.61. The van der Waals surface area contributed by atoms with Crippen LogP contribution in [0.25, 0.3) is 0 Å². The van der Waals surface area contributed by atoms with Crippen molar-refractivity contribution in [3.05, 3.63) is 67.1 Å². The molecule has 0 aliphatic rings. The van der Waals surface area contributed by atoms with Crippen molar-refractivity contribution in [3.63, 3.8) is 0 Å². The van der Waals surface area contributed by atoms with Gasteiger partial charge >= 0.3 is 0 Å². The summed E-state index contributed by atoms with van der Waals surface area (Å²) in [5.74, 6) is 0.151. The van der Waals surface area contributed by atoms with Gasteiger partial charge in [-0.2, -0.15) is 5.10 Å². The van der Waals surface area contributed by atoms with Gasteiger partial charge < -0.3 is 4.74 Å². The third-order valence-corrected chi connectivity index (χ3v) is 4.16. The Hall–Kier alpha value is -2.35. The van der Waals surface area contributed by atoms with Crippen LogP contribution < -0.4 is 10.2 Å². The van der Waals surface area contributed by atoms with Crippen LogP contribution in [0.15, 0.2) is 41.5 Å². The Morgan fingerprint density at radius 2 is 1.96 bits per heavy atom. The van der Waals surface area contributed by atoms with Gasteiger partial charge in [0.05, 0.1) is 22.8 Å². The minimum Gasteiger partial charge on any atom is -0.492 e. The maximum absolute atomic E-state index is 11.8. The average molecular weight is 431 g/mol. The van der Waals surface area contributed by atoms with E-state index in [-0.39, 0.29) is 29.6 Å². The summed E-state index contributed by atoms with van der Waals surface area (Å²) in [6.07, 6.45) is 1.86. The van der Waals surface area contributed by atoms with E-state index in [0.29, 0.717) is 27.8 Å². The van der Waals surface area contributed by atoms with Crippen LogP contribution in [0.5, 0.6) is 5.75 Å². The smallest absolute Gasteiger partial charge is 0.270 e. The lowest BCUT2D eigenvalue weighted by Crippen LogP contribution is -2.18. The highest BCUT2D eigenvalue weighted by Gasteiger charge is 2.08. The van der Waals surface area contributed by atoms with Gasteiger partial charge in [0.1, 0.15) is 5.75 Å². The fraction of sp³-hybridized carbons (Fsp3) is 0.176. The Morgan fingerprint density at radius 1 is 1.19 bits per heavy atom. The van der Waals surface area contributed by atoms with Crippen LogP contribution >= 0.6 is 34.8 Å². The van der Waals surface area contributed by atoms with Crippen LogP contribution in [0.3, 0.4) is 0 Å². The number of halogens is 3. The van der Waals surface area contributed by atoms with Crippen LogP contribution in [0.2, 0.25) is 15.1 Å². The molecular formula is C17H14Cl3N3O4. The molecule has 0 aliphatic carbocycles. The minimum absolute atomic E-state index is 0.120. The van der Waals surface area contributed by atoms with Crippen molar-refractivity contribution in [3.8, 4) is 5.75 Å². The predicted molar refractivity (Wildman–Crippen MR) is 105 cm³/mol. The highest BCUT2D eigenvalue weighted by Crippen LogP contribution is 2.27. The molecule has 0 aromatic heterocycles. The molecule has 27 heavy (non-hydrogen) atoms. The minimum atomic E-state index is -0.542.